The van der Waals surface area contributed by atoms with Gasteiger partial charge in [0, 0.05) is 31.9 Å². The molecule has 0 aliphatic carbocycles. The summed E-state index contributed by atoms with van der Waals surface area (Å²) >= 11 is 0. The minimum absolute atomic E-state index is 0.953. The highest BCUT2D eigenvalue weighted by molar-refractivity contribution is 5.45. The highest BCUT2D eigenvalue weighted by atomic mass is 15.4. The molecule has 14 heavy (non-hydrogen) atoms. The van der Waals surface area contributed by atoms with Crippen LogP contribution in [0.2, 0.25) is 0 Å². The molecule has 1 saturated heterocycles. The molecule has 0 radical (unpaired) electrons. The minimum Gasteiger partial charge on any atom is -0.370 e. The Kier molecular flexibility index (Phi) is 3.01. The lowest BCUT2D eigenvalue weighted by Gasteiger charge is -2.22. The van der Waals surface area contributed by atoms with Crippen LogP contribution < -0.4 is 10.7 Å². The summed E-state index contributed by atoms with van der Waals surface area (Å²) in [5.74, 6) is 5.78. The van der Waals surface area contributed by atoms with Gasteiger partial charge in [0.25, 0.3) is 0 Å². The third-order valence-corrected chi connectivity index (χ3v) is 2.65. The van der Waals surface area contributed by atoms with Crippen molar-refractivity contribution in [2.75, 3.05) is 31.1 Å². The average molecular weight is 191 g/mol. The lowest BCUT2D eigenvalue weighted by molar-refractivity contribution is 0.305. The molecular formula is C11H17N3. The summed E-state index contributed by atoms with van der Waals surface area (Å²) in [7, 11) is 0. The third-order valence-electron chi connectivity index (χ3n) is 2.65. The summed E-state index contributed by atoms with van der Waals surface area (Å²) in [5, 5.41) is 1.91. The molecule has 1 aliphatic rings. The van der Waals surface area contributed by atoms with Gasteiger partial charge in [0.15, 0.2) is 0 Å². The van der Waals surface area contributed by atoms with Crippen molar-refractivity contribution in [3.8, 4) is 0 Å². The largest absolute Gasteiger partial charge is 0.370 e. The molecule has 0 atom stereocenters. The second kappa shape index (κ2) is 4.44. The van der Waals surface area contributed by atoms with E-state index in [1.54, 1.807) is 0 Å². The summed E-state index contributed by atoms with van der Waals surface area (Å²) in [4.78, 5) is 2.40. The fraction of sp³-hybridized carbons (Fsp3) is 0.455. The van der Waals surface area contributed by atoms with Gasteiger partial charge >= 0.3 is 0 Å². The Hall–Kier alpha value is -1.06. The quantitative estimate of drug-likeness (QED) is 0.674. The molecule has 3 heteroatoms. The lowest BCUT2D eigenvalue weighted by Crippen LogP contribution is -2.35. The average Bonchev–Trinajstić information content (AvgIpc) is 2.44. The molecule has 3 nitrogen and oxygen atoms in total. The number of hydrogen-bond acceptors (Lipinski definition) is 3. The molecule has 1 heterocycles. The fourth-order valence-corrected chi connectivity index (χ4v) is 1.83. The van der Waals surface area contributed by atoms with E-state index in [0.717, 1.165) is 32.6 Å². The summed E-state index contributed by atoms with van der Waals surface area (Å²) < 4.78 is 0. The number of nitrogens with two attached hydrogens (primary N) is 1. The van der Waals surface area contributed by atoms with Gasteiger partial charge in [-0.25, -0.2) is 5.01 Å². The Bertz CT molecular complexity index is 273. The number of nitrogens with zero attached hydrogens (tertiary/aromatic N) is 2. The zero-order valence-electron chi connectivity index (χ0n) is 8.39. The van der Waals surface area contributed by atoms with E-state index in [9.17, 15) is 0 Å². The van der Waals surface area contributed by atoms with Crippen LogP contribution in [0.5, 0.6) is 0 Å². The van der Waals surface area contributed by atoms with Crippen molar-refractivity contribution >= 4 is 5.69 Å². The monoisotopic (exact) mass is 191 g/mol. The zero-order chi connectivity index (χ0) is 9.80. The molecule has 76 valence electrons. The highest BCUT2D eigenvalue weighted by Gasteiger charge is 2.11. The Morgan fingerprint density at radius 1 is 0.929 bits per heavy atom. The standard InChI is InChI=1S/C11H17N3/c12-14-8-4-7-13(9-10-14)11-5-2-1-3-6-11/h1-3,5-6H,4,7-10,12H2. The van der Waals surface area contributed by atoms with Crippen LogP contribution >= 0.6 is 0 Å². The fourth-order valence-electron chi connectivity index (χ4n) is 1.83. The van der Waals surface area contributed by atoms with Crippen LogP contribution in [0.4, 0.5) is 5.69 Å². The van der Waals surface area contributed by atoms with Crippen LogP contribution in [0, 0.1) is 0 Å². The molecule has 0 bridgehead atoms. The second-order valence-corrected chi connectivity index (χ2v) is 3.71. The van der Waals surface area contributed by atoms with Crippen LogP contribution in [-0.2, 0) is 0 Å². The van der Waals surface area contributed by atoms with Crippen LogP contribution in [0.3, 0.4) is 0 Å². The maximum Gasteiger partial charge on any atom is 0.0366 e. The minimum atomic E-state index is 0.953. The van der Waals surface area contributed by atoms with Gasteiger partial charge in [-0.15, -0.1) is 0 Å². The molecule has 0 aromatic heterocycles. The van der Waals surface area contributed by atoms with Gasteiger partial charge in [-0.3, -0.25) is 5.84 Å². The molecule has 1 fully saturated rings. The topological polar surface area (TPSA) is 32.5 Å². The Morgan fingerprint density at radius 2 is 1.71 bits per heavy atom. The molecule has 0 amide bonds. The van der Waals surface area contributed by atoms with E-state index < -0.39 is 0 Å². The molecule has 1 aliphatic heterocycles. The normalized spacial score (nSPS) is 19.4. The van der Waals surface area contributed by atoms with Crippen molar-refractivity contribution in [2.24, 2.45) is 5.84 Å². The molecule has 0 unspecified atom stereocenters. The highest BCUT2D eigenvalue weighted by Crippen LogP contribution is 2.14. The van der Waals surface area contributed by atoms with E-state index in [4.69, 9.17) is 5.84 Å². The maximum atomic E-state index is 5.78. The maximum absolute atomic E-state index is 5.78. The summed E-state index contributed by atoms with van der Waals surface area (Å²) in [6, 6.07) is 10.5. The van der Waals surface area contributed by atoms with Crippen LogP contribution in [-0.4, -0.2) is 31.2 Å². The Balaban J connectivity index is 2.04. The van der Waals surface area contributed by atoms with E-state index >= 15 is 0 Å². The Labute approximate surface area is 85.1 Å². The molecule has 2 rings (SSSR count). The zero-order valence-corrected chi connectivity index (χ0v) is 8.39. The van der Waals surface area contributed by atoms with Gasteiger partial charge in [0.2, 0.25) is 0 Å². The van der Waals surface area contributed by atoms with Crippen LogP contribution in [0.15, 0.2) is 30.3 Å². The molecule has 2 N–H and O–H groups in total. The first-order chi connectivity index (χ1) is 6.86. The second-order valence-electron chi connectivity index (χ2n) is 3.71. The van der Waals surface area contributed by atoms with E-state index in [1.807, 2.05) is 5.01 Å². The van der Waals surface area contributed by atoms with E-state index in [0.29, 0.717) is 0 Å². The first-order valence-electron chi connectivity index (χ1n) is 5.16. The molecule has 0 saturated carbocycles. The number of benzene rings is 1. The van der Waals surface area contributed by atoms with Gasteiger partial charge in [-0.1, -0.05) is 18.2 Å². The summed E-state index contributed by atoms with van der Waals surface area (Å²) in [6.07, 6.45) is 1.14. The first kappa shape index (κ1) is 9.49. The lowest BCUT2D eigenvalue weighted by atomic mass is 10.3. The molecule has 1 aromatic rings. The SMILES string of the molecule is NN1CCCN(c2ccccc2)CC1. The molecule has 0 spiro atoms. The first-order valence-corrected chi connectivity index (χ1v) is 5.16. The number of rotatable bonds is 1. The molecular weight excluding hydrogens is 174 g/mol. The van der Waals surface area contributed by atoms with Gasteiger partial charge in [-0.2, -0.15) is 0 Å². The van der Waals surface area contributed by atoms with Crippen molar-refractivity contribution in [3.63, 3.8) is 0 Å². The predicted octanol–water partition coefficient (Wildman–Crippen LogP) is 1.07. The van der Waals surface area contributed by atoms with E-state index in [1.165, 1.54) is 5.69 Å². The van der Waals surface area contributed by atoms with Gasteiger partial charge in [0.05, 0.1) is 0 Å². The van der Waals surface area contributed by atoms with Crippen molar-refractivity contribution in [2.45, 2.75) is 6.42 Å². The van der Waals surface area contributed by atoms with Gasteiger partial charge < -0.3 is 4.90 Å². The van der Waals surface area contributed by atoms with Gasteiger partial charge in [0.1, 0.15) is 0 Å². The molecule has 1 aromatic carbocycles. The summed E-state index contributed by atoms with van der Waals surface area (Å²) in [5.41, 5.74) is 1.31. The van der Waals surface area contributed by atoms with Crippen molar-refractivity contribution < 1.29 is 0 Å². The van der Waals surface area contributed by atoms with E-state index in [-0.39, 0.29) is 0 Å². The number of hydrazine groups is 1. The van der Waals surface area contributed by atoms with Crippen molar-refractivity contribution in [1.29, 1.82) is 0 Å². The van der Waals surface area contributed by atoms with Crippen LogP contribution in [0.25, 0.3) is 0 Å². The predicted molar refractivity (Wildman–Crippen MR) is 59.0 cm³/mol. The third kappa shape index (κ3) is 2.25. The smallest absolute Gasteiger partial charge is 0.0366 e. The number of anilines is 1. The van der Waals surface area contributed by atoms with E-state index in [2.05, 4.69) is 35.2 Å². The Morgan fingerprint density at radius 3 is 2.50 bits per heavy atom. The number of para-hydroxylation sites is 1. The number of hydrogen-bond donors (Lipinski definition) is 1. The van der Waals surface area contributed by atoms with Crippen molar-refractivity contribution in [1.82, 2.24) is 5.01 Å². The summed E-state index contributed by atoms with van der Waals surface area (Å²) in [6.45, 7) is 4.09. The van der Waals surface area contributed by atoms with Gasteiger partial charge in [-0.05, 0) is 18.6 Å². The van der Waals surface area contributed by atoms with Crippen LogP contribution in [0.1, 0.15) is 6.42 Å². The van der Waals surface area contributed by atoms with Crippen molar-refractivity contribution in [3.05, 3.63) is 30.3 Å².